The number of rotatable bonds is 4. The van der Waals surface area contributed by atoms with Gasteiger partial charge in [-0.1, -0.05) is 17.7 Å². The molecule has 3 rings (SSSR count). The quantitative estimate of drug-likeness (QED) is 0.594. The van der Waals surface area contributed by atoms with Crippen LogP contribution >= 0.6 is 0 Å². The lowest BCUT2D eigenvalue weighted by Gasteiger charge is -2.34. The molecule has 0 aliphatic carbocycles. The monoisotopic (exact) mass is 389 g/mol. The molecule has 1 fully saturated rings. The molecule has 1 aliphatic heterocycles. The van der Waals surface area contributed by atoms with Gasteiger partial charge in [-0.25, -0.2) is 13.2 Å². The van der Waals surface area contributed by atoms with Gasteiger partial charge in [0.15, 0.2) is 0 Å². The molecule has 1 aliphatic rings. The maximum absolute atomic E-state index is 12.8. The highest BCUT2D eigenvalue weighted by atomic mass is 32.2. The number of carbonyl (C=O) groups excluding carboxylic acids is 1. The fourth-order valence-corrected chi connectivity index (χ4v) is 4.60. The maximum Gasteiger partial charge on any atom is 0.343 e. The normalized spacial score (nSPS) is 21.0. The van der Waals surface area contributed by atoms with E-state index in [0.717, 1.165) is 5.56 Å². The summed E-state index contributed by atoms with van der Waals surface area (Å²) in [6.45, 7) is 6.26. The Morgan fingerprint density at radius 2 is 1.56 bits per heavy atom. The van der Waals surface area contributed by atoms with E-state index >= 15 is 0 Å². The van der Waals surface area contributed by atoms with Crippen LogP contribution in [-0.4, -0.2) is 44.0 Å². The van der Waals surface area contributed by atoms with Crippen molar-refractivity contribution in [1.82, 2.24) is 4.31 Å². The predicted octanol–water partition coefficient (Wildman–Crippen LogP) is 3.01. The van der Waals surface area contributed by atoms with E-state index in [1.807, 2.05) is 32.9 Å². The molecule has 2 atom stereocenters. The summed E-state index contributed by atoms with van der Waals surface area (Å²) in [4.78, 5) is 12.4. The zero-order chi connectivity index (χ0) is 19.6. The molecule has 0 spiro atoms. The molecule has 1 heterocycles. The first-order valence-corrected chi connectivity index (χ1v) is 10.2. The van der Waals surface area contributed by atoms with Crippen molar-refractivity contribution in [3.63, 3.8) is 0 Å². The zero-order valence-corrected chi connectivity index (χ0v) is 16.4. The van der Waals surface area contributed by atoms with Crippen molar-refractivity contribution in [2.45, 2.75) is 37.9 Å². The highest BCUT2D eigenvalue weighted by molar-refractivity contribution is 7.89. The number of carbonyl (C=O) groups is 1. The Morgan fingerprint density at radius 1 is 1.00 bits per heavy atom. The third-order valence-corrected chi connectivity index (χ3v) is 6.19. The topological polar surface area (TPSA) is 72.9 Å². The molecule has 0 aromatic heterocycles. The van der Waals surface area contributed by atoms with Gasteiger partial charge in [0, 0.05) is 13.1 Å². The number of ether oxygens (including phenoxy) is 2. The molecule has 0 radical (unpaired) electrons. The Hall–Kier alpha value is -2.22. The summed E-state index contributed by atoms with van der Waals surface area (Å²) in [5.74, 6) is -0.0880. The number of hydrogen-bond donors (Lipinski definition) is 0. The summed E-state index contributed by atoms with van der Waals surface area (Å²) >= 11 is 0. The summed E-state index contributed by atoms with van der Waals surface area (Å²) in [6.07, 6.45) is -0.320. The van der Waals surface area contributed by atoms with Crippen LogP contribution in [0.2, 0.25) is 0 Å². The molecular formula is C20H23NO5S. The van der Waals surface area contributed by atoms with Crippen molar-refractivity contribution < 1.29 is 22.7 Å². The van der Waals surface area contributed by atoms with E-state index in [1.165, 1.54) is 28.6 Å². The van der Waals surface area contributed by atoms with Crippen molar-refractivity contribution in [1.29, 1.82) is 0 Å². The van der Waals surface area contributed by atoms with E-state index in [2.05, 4.69) is 0 Å². The van der Waals surface area contributed by atoms with Gasteiger partial charge in [0.25, 0.3) is 0 Å². The fourth-order valence-electron chi connectivity index (χ4n) is 3.01. The zero-order valence-electron chi connectivity index (χ0n) is 15.6. The third-order valence-electron chi connectivity index (χ3n) is 4.35. The van der Waals surface area contributed by atoms with E-state index in [-0.39, 0.29) is 17.1 Å². The molecule has 1 saturated heterocycles. The summed E-state index contributed by atoms with van der Waals surface area (Å²) in [7, 11) is -3.63. The minimum absolute atomic E-state index is 0.149. The van der Waals surface area contributed by atoms with Crippen LogP contribution < -0.4 is 4.74 Å². The molecule has 0 amide bonds. The third kappa shape index (κ3) is 4.55. The Bertz CT molecular complexity index is 896. The lowest BCUT2D eigenvalue weighted by Crippen LogP contribution is -2.48. The standard InChI is InChI=1S/C20H23NO5S/c1-14-4-8-18(9-5-14)26-20(22)17-6-10-19(11-7-17)27(23,24)21-12-15(2)25-16(3)13-21/h4-11,15-16H,12-13H2,1-3H3/t15-,16+. The van der Waals surface area contributed by atoms with Crippen LogP contribution in [0.4, 0.5) is 0 Å². The van der Waals surface area contributed by atoms with Crippen LogP contribution in [0.25, 0.3) is 0 Å². The molecular weight excluding hydrogens is 366 g/mol. The van der Waals surface area contributed by atoms with E-state index < -0.39 is 16.0 Å². The number of nitrogens with zero attached hydrogens (tertiary/aromatic N) is 1. The number of esters is 1. The van der Waals surface area contributed by atoms with Crippen LogP contribution in [0.3, 0.4) is 0 Å². The Balaban J connectivity index is 1.74. The first kappa shape index (κ1) is 19.5. The van der Waals surface area contributed by atoms with Crippen molar-refractivity contribution in [2.75, 3.05) is 13.1 Å². The number of benzene rings is 2. The van der Waals surface area contributed by atoms with Crippen LogP contribution in [0.1, 0.15) is 29.8 Å². The molecule has 0 saturated carbocycles. The second kappa shape index (κ2) is 7.80. The molecule has 6 nitrogen and oxygen atoms in total. The molecule has 2 aromatic carbocycles. The fraction of sp³-hybridized carbons (Fsp3) is 0.350. The van der Waals surface area contributed by atoms with Crippen molar-refractivity contribution in [3.05, 3.63) is 59.7 Å². The minimum Gasteiger partial charge on any atom is -0.423 e. The first-order chi connectivity index (χ1) is 12.8. The van der Waals surface area contributed by atoms with E-state index in [0.29, 0.717) is 24.4 Å². The smallest absolute Gasteiger partial charge is 0.343 e. The van der Waals surface area contributed by atoms with Gasteiger partial charge in [0.2, 0.25) is 10.0 Å². The van der Waals surface area contributed by atoms with Crippen molar-refractivity contribution in [2.24, 2.45) is 0 Å². The summed E-state index contributed by atoms with van der Waals surface area (Å²) in [5.41, 5.74) is 1.36. The van der Waals surface area contributed by atoms with Crippen LogP contribution in [0, 0.1) is 6.92 Å². The van der Waals surface area contributed by atoms with Gasteiger partial charge in [0.05, 0.1) is 22.7 Å². The lowest BCUT2D eigenvalue weighted by atomic mass is 10.2. The average molecular weight is 389 g/mol. The molecule has 0 N–H and O–H groups in total. The van der Waals surface area contributed by atoms with Gasteiger partial charge in [-0.15, -0.1) is 0 Å². The van der Waals surface area contributed by atoms with Crippen molar-refractivity contribution in [3.8, 4) is 5.75 Å². The van der Waals surface area contributed by atoms with Gasteiger partial charge in [-0.2, -0.15) is 4.31 Å². The Morgan fingerprint density at radius 3 is 2.11 bits per heavy atom. The number of morpholine rings is 1. The summed E-state index contributed by atoms with van der Waals surface area (Å²) in [5, 5.41) is 0. The molecule has 2 aromatic rings. The van der Waals surface area contributed by atoms with E-state index in [1.54, 1.807) is 12.1 Å². The van der Waals surface area contributed by atoms with E-state index in [9.17, 15) is 13.2 Å². The summed E-state index contributed by atoms with van der Waals surface area (Å²) in [6, 6.07) is 12.9. The van der Waals surface area contributed by atoms with Gasteiger partial charge in [-0.3, -0.25) is 0 Å². The molecule has 0 unspecified atom stereocenters. The second-order valence-corrected chi connectivity index (χ2v) is 8.74. The number of hydrogen-bond acceptors (Lipinski definition) is 5. The van der Waals surface area contributed by atoms with Gasteiger partial charge in [0.1, 0.15) is 5.75 Å². The minimum atomic E-state index is -3.63. The first-order valence-electron chi connectivity index (χ1n) is 8.80. The van der Waals surface area contributed by atoms with E-state index in [4.69, 9.17) is 9.47 Å². The Kier molecular flexibility index (Phi) is 5.64. The maximum atomic E-state index is 12.8. The average Bonchev–Trinajstić information content (AvgIpc) is 2.63. The van der Waals surface area contributed by atoms with Crippen LogP contribution in [-0.2, 0) is 14.8 Å². The van der Waals surface area contributed by atoms with Crippen molar-refractivity contribution >= 4 is 16.0 Å². The molecule has 27 heavy (non-hydrogen) atoms. The molecule has 144 valence electrons. The Labute approximate surface area is 159 Å². The van der Waals surface area contributed by atoms with Gasteiger partial charge < -0.3 is 9.47 Å². The molecule has 7 heteroatoms. The largest absolute Gasteiger partial charge is 0.423 e. The van der Waals surface area contributed by atoms with Gasteiger partial charge >= 0.3 is 5.97 Å². The highest BCUT2D eigenvalue weighted by Gasteiger charge is 2.32. The summed E-state index contributed by atoms with van der Waals surface area (Å²) < 4.78 is 38.0. The number of aryl methyl sites for hydroxylation is 1. The highest BCUT2D eigenvalue weighted by Crippen LogP contribution is 2.22. The van der Waals surface area contributed by atoms with Crippen LogP contribution in [0.15, 0.2) is 53.4 Å². The van der Waals surface area contributed by atoms with Crippen LogP contribution in [0.5, 0.6) is 5.75 Å². The van der Waals surface area contributed by atoms with Gasteiger partial charge in [-0.05, 0) is 57.2 Å². The number of sulfonamides is 1. The molecule has 0 bridgehead atoms. The SMILES string of the molecule is Cc1ccc(OC(=O)c2ccc(S(=O)(=O)N3C[C@@H](C)O[C@@H](C)C3)cc2)cc1. The predicted molar refractivity (Wildman–Crippen MR) is 101 cm³/mol. The second-order valence-electron chi connectivity index (χ2n) is 6.81. The lowest BCUT2D eigenvalue weighted by molar-refractivity contribution is -0.0440.